The van der Waals surface area contributed by atoms with E-state index in [1.807, 2.05) is 19.9 Å². The first-order valence-electron chi connectivity index (χ1n) is 6.16. The van der Waals surface area contributed by atoms with Crippen molar-refractivity contribution in [1.29, 1.82) is 0 Å². The third-order valence-corrected chi connectivity index (χ3v) is 3.95. The van der Waals surface area contributed by atoms with Crippen LogP contribution in [0.2, 0.25) is 0 Å². The Morgan fingerprint density at radius 3 is 2.50 bits per heavy atom. The van der Waals surface area contributed by atoms with E-state index < -0.39 is 7.60 Å². The van der Waals surface area contributed by atoms with Crippen molar-refractivity contribution in [3.8, 4) is 11.6 Å². The second kappa shape index (κ2) is 6.54. The largest absolute Gasteiger partial charge is 0.405 e. The Morgan fingerprint density at radius 2 is 2.00 bits per heavy atom. The van der Waals surface area contributed by atoms with Crippen molar-refractivity contribution in [3.63, 3.8) is 0 Å². The van der Waals surface area contributed by atoms with Gasteiger partial charge in [-0.15, -0.1) is 0 Å². The van der Waals surface area contributed by atoms with Crippen LogP contribution in [-0.4, -0.2) is 25.4 Å². The van der Waals surface area contributed by atoms with Crippen LogP contribution in [0.1, 0.15) is 34.1 Å². The van der Waals surface area contributed by atoms with E-state index in [1.165, 1.54) is 0 Å². The predicted octanol–water partition coefficient (Wildman–Crippen LogP) is 3.34. The summed E-state index contributed by atoms with van der Waals surface area (Å²) in [5.41, 5.74) is 3.34. The highest BCUT2D eigenvalue weighted by atomic mass is 31.2. The van der Waals surface area contributed by atoms with E-state index >= 15 is 0 Å². The van der Waals surface area contributed by atoms with Crippen LogP contribution in [0, 0.1) is 11.6 Å². The van der Waals surface area contributed by atoms with Crippen molar-refractivity contribution in [1.82, 2.24) is 0 Å². The maximum atomic E-state index is 12.1. The smallest absolute Gasteiger partial charge is 0.371 e. The molecule has 4 nitrogen and oxygen atoms in total. The molecule has 0 aromatic rings. The standard InChI is InChI=1S/C13H21O4P/c1-5-16-18(14,17-6-2)10-8-12-7-9-15-13(3,4)11-12/h7H,5-6,9,11H2,1-4H3. The third kappa shape index (κ3) is 4.96. The Morgan fingerprint density at radius 1 is 1.39 bits per heavy atom. The summed E-state index contributed by atoms with van der Waals surface area (Å²) in [6.07, 6.45) is 2.61. The summed E-state index contributed by atoms with van der Waals surface area (Å²) in [4.78, 5) is 0. The van der Waals surface area contributed by atoms with Gasteiger partial charge in [-0.2, -0.15) is 0 Å². The lowest BCUT2D eigenvalue weighted by Crippen LogP contribution is -2.28. The predicted molar refractivity (Wildman–Crippen MR) is 71.4 cm³/mol. The van der Waals surface area contributed by atoms with E-state index in [0.29, 0.717) is 26.2 Å². The van der Waals surface area contributed by atoms with Gasteiger partial charge in [0.2, 0.25) is 0 Å². The molecule has 0 spiro atoms. The highest BCUT2D eigenvalue weighted by Crippen LogP contribution is 2.46. The average molecular weight is 272 g/mol. The van der Waals surface area contributed by atoms with Gasteiger partial charge in [0.1, 0.15) is 0 Å². The zero-order valence-electron chi connectivity index (χ0n) is 11.5. The van der Waals surface area contributed by atoms with Gasteiger partial charge in [0.05, 0.1) is 25.4 Å². The van der Waals surface area contributed by atoms with E-state index in [9.17, 15) is 4.57 Å². The van der Waals surface area contributed by atoms with E-state index in [2.05, 4.69) is 11.6 Å². The lowest BCUT2D eigenvalue weighted by molar-refractivity contribution is -0.00808. The molecule has 0 fully saturated rings. The summed E-state index contributed by atoms with van der Waals surface area (Å²) < 4.78 is 27.9. The van der Waals surface area contributed by atoms with Crippen LogP contribution >= 0.6 is 7.60 Å². The van der Waals surface area contributed by atoms with Crippen molar-refractivity contribution in [2.24, 2.45) is 0 Å². The van der Waals surface area contributed by atoms with Gasteiger partial charge in [0, 0.05) is 17.7 Å². The molecule has 1 heterocycles. The average Bonchev–Trinajstić information content (AvgIpc) is 2.26. The topological polar surface area (TPSA) is 44.8 Å². The quantitative estimate of drug-likeness (QED) is 0.581. The highest BCUT2D eigenvalue weighted by Gasteiger charge is 2.24. The monoisotopic (exact) mass is 272 g/mol. The molecule has 0 bridgehead atoms. The molecule has 1 rings (SSSR count). The first-order chi connectivity index (χ1) is 8.41. The Balaban J connectivity index is 2.79. The summed E-state index contributed by atoms with van der Waals surface area (Å²) in [5.74, 6) is 2.91. The van der Waals surface area contributed by atoms with Crippen molar-refractivity contribution < 1.29 is 18.3 Å². The molecule has 0 atom stereocenters. The Hall–Kier alpha value is -0.590. The van der Waals surface area contributed by atoms with E-state index in [-0.39, 0.29) is 5.60 Å². The molecule has 1 aliphatic rings. The van der Waals surface area contributed by atoms with Crippen molar-refractivity contribution in [3.05, 3.63) is 11.6 Å². The van der Waals surface area contributed by atoms with Crippen molar-refractivity contribution in [2.45, 2.75) is 39.7 Å². The molecule has 0 saturated carbocycles. The van der Waals surface area contributed by atoms with Crippen LogP contribution in [0.3, 0.4) is 0 Å². The number of rotatable bonds is 4. The molecule has 0 saturated heterocycles. The minimum atomic E-state index is -3.27. The minimum Gasteiger partial charge on any atom is -0.371 e. The molecule has 0 aliphatic carbocycles. The molecule has 102 valence electrons. The van der Waals surface area contributed by atoms with Gasteiger partial charge in [-0.25, -0.2) is 4.57 Å². The molecule has 18 heavy (non-hydrogen) atoms. The number of hydrogen-bond donors (Lipinski definition) is 0. The Kier molecular flexibility index (Phi) is 5.62. The minimum absolute atomic E-state index is 0.222. The van der Waals surface area contributed by atoms with E-state index in [4.69, 9.17) is 13.8 Å². The highest BCUT2D eigenvalue weighted by molar-refractivity contribution is 7.59. The fourth-order valence-corrected chi connectivity index (χ4v) is 2.79. The SMILES string of the molecule is CCOP(=O)(C#CC1=CCOC(C)(C)C1)OCC. The number of ether oxygens (including phenoxy) is 1. The first-order valence-corrected chi connectivity index (χ1v) is 7.70. The van der Waals surface area contributed by atoms with Gasteiger partial charge in [0.25, 0.3) is 0 Å². The molecule has 0 aromatic heterocycles. The molecular weight excluding hydrogens is 251 g/mol. The van der Waals surface area contributed by atoms with Gasteiger partial charge in [0.15, 0.2) is 0 Å². The van der Waals surface area contributed by atoms with Crippen LogP contribution in [0.5, 0.6) is 0 Å². The van der Waals surface area contributed by atoms with Crippen LogP contribution < -0.4 is 0 Å². The van der Waals surface area contributed by atoms with Crippen LogP contribution in [0.25, 0.3) is 0 Å². The molecular formula is C13H21O4P. The molecule has 5 heteroatoms. The van der Waals surface area contributed by atoms with Crippen molar-refractivity contribution >= 4 is 7.60 Å². The molecule has 0 N–H and O–H groups in total. The fourth-order valence-electron chi connectivity index (χ4n) is 1.63. The summed E-state index contributed by atoms with van der Waals surface area (Å²) in [6, 6.07) is 0. The normalized spacial score (nSPS) is 18.8. The van der Waals surface area contributed by atoms with E-state index in [1.54, 1.807) is 13.8 Å². The van der Waals surface area contributed by atoms with Gasteiger partial charge >= 0.3 is 7.60 Å². The Labute approximate surface area is 109 Å². The lowest BCUT2D eigenvalue weighted by atomic mass is 9.96. The third-order valence-electron chi connectivity index (χ3n) is 2.37. The first kappa shape index (κ1) is 15.5. The molecule has 0 aromatic carbocycles. The summed E-state index contributed by atoms with van der Waals surface area (Å²) in [6.45, 7) is 8.72. The van der Waals surface area contributed by atoms with Gasteiger partial charge in [-0.05, 0) is 33.8 Å². The summed E-state index contributed by atoms with van der Waals surface area (Å²) in [5, 5.41) is 0. The van der Waals surface area contributed by atoms with Crippen LogP contribution in [0.4, 0.5) is 0 Å². The summed E-state index contributed by atoms with van der Waals surface area (Å²) >= 11 is 0. The zero-order chi connectivity index (χ0) is 13.6. The fraction of sp³-hybridized carbons (Fsp3) is 0.692. The van der Waals surface area contributed by atoms with Gasteiger partial charge < -0.3 is 4.74 Å². The number of hydrogen-bond acceptors (Lipinski definition) is 4. The molecule has 1 aliphatic heterocycles. The second-order valence-electron chi connectivity index (χ2n) is 4.55. The summed E-state index contributed by atoms with van der Waals surface area (Å²) in [7, 11) is -3.27. The molecule has 0 unspecified atom stereocenters. The maximum absolute atomic E-state index is 12.1. The zero-order valence-corrected chi connectivity index (χ0v) is 12.4. The van der Waals surface area contributed by atoms with Crippen molar-refractivity contribution in [2.75, 3.05) is 19.8 Å². The molecule has 0 amide bonds. The molecule has 0 radical (unpaired) electrons. The van der Waals surface area contributed by atoms with Crippen LogP contribution in [-0.2, 0) is 18.3 Å². The Bertz CT molecular complexity index is 404. The van der Waals surface area contributed by atoms with Crippen LogP contribution in [0.15, 0.2) is 11.6 Å². The van der Waals surface area contributed by atoms with Gasteiger partial charge in [-0.3, -0.25) is 9.05 Å². The maximum Gasteiger partial charge on any atom is 0.405 e. The van der Waals surface area contributed by atoms with E-state index in [0.717, 1.165) is 5.57 Å². The van der Waals surface area contributed by atoms with Gasteiger partial charge in [-0.1, -0.05) is 5.92 Å². The lowest BCUT2D eigenvalue weighted by Gasteiger charge is -2.28. The second-order valence-corrected chi connectivity index (χ2v) is 6.28.